The summed E-state index contributed by atoms with van der Waals surface area (Å²) in [4.78, 5) is 67.0. The first-order chi connectivity index (χ1) is 66.4. The van der Waals surface area contributed by atoms with Crippen LogP contribution in [0, 0.1) is 39.0 Å². The van der Waals surface area contributed by atoms with E-state index in [2.05, 4.69) is 62.3 Å². The van der Waals surface area contributed by atoms with Crippen molar-refractivity contribution in [2.75, 3.05) is 93.9 Å². The number of fused-ring (bicyclic) bond motifs is 18. The zero-order valence-corrected chi connectivity index (χ0v) is 83.6. The molecule has 14 heterocycles. The Morgan fingerprint density at radius 2 is 0.839 bits per heavy atom. The quantitative estimate of drug-likeness (QED) is 0.0112. The van der Waals surface area contributed by atoms with Gasteiger partial charge in [0, 0.05) is 100 Å². The molecule has 0 aromatic heterocycles. The number of aliphatic hydroxyl groups excluding tert-OH is 1. The maximum Gasteiger partial charge on any atom is 0.331 e. The number of thioether (sulfide) groups is 2. The minimum atomic E-state index is -1.37. The van der Waals surface area contributed by atoms with Gasteiger partial charge in [0.1, 0.15) is 37.0 Å². The molecule has 742 valence electrons. The highest BCUT2D eigenvalue weighted by Crippen LogP contribution is 2.68. The second-order valence-electron chi connectivity index (χ2n) is 39.8. The first-order valence-corrected chi connectivity index (χ1v) is 52.6. The van der Waals surface area contributed by atoms with Crippen LogP contribution in [0.15, 0.2) is 36.4 Å². The lowest BCUT2D eigenvalue weighted by Gasteiger charge is -2.62. The average molecular weight is 1930 g/mol. The molecule has 137 heavy (non-hydrogen) atoms. The van der Waals surface area contributed by atoms with Gasteiger partial charge < -0.3 is 82.4 Å². The topological polar surface area (TPSA) is 341 Å². The predicted octanol–water partition coefficient (Wildman–Crippen LogP) is 18.3. The van der Waals surface area contributed by atoms with Crippen LogP contribution in [0.5, 0.6) is 80.5 Å². The van der Waals surface area contributed by atoms with Crippen molar-refractivity contribution < 1.29 is 102 Å². The number of nitriles is 1. The van der Waals surface area contributed by atoms with E-state index < -0.39 is 88.1 Å². The summed E-state index contributed by atoms with van der Waals surface area (Å²) >= 11 is 3.02. The van der Waals surface area contributed by atoms with Crippen molar-refractivity contribution in [3.8, 4) is 86.6 Å². The number of phenols is 4. The molecule has 0 amide bonds. The molecule has 14 aliphatic rings. The number of nitrogens with zero attached hydrogens (tertiary/aromatic N) is 5. The maximum atomic E-state index is 15.0. The Hall–Kier alpha value is -9.29. The van der Waals surface area contributed by atoms with Crippen molar-refractivity contribution in [3.05, 3.63) is 125 Å². The van der Waals surface area contributed by atoms with Crippen LogP contribution in [0.4, 0.5) is 0 Å². The number of rotatable bonds is 34. The predicted molar refractivity (Wildman–Crippen MR) is 522 cm³/mol. The number of hydrogen-bond donors (Lipinski definition) is 7. The molecule has 28 nitrogen and oxygen atoms in total. The van der Waals surface area contributed by atoms with Crippen LogP contribution in [0.25, 0.3) is 0 Å². The molecule has 30 heteroatoms. The van der Waals surface area contributed by atoms with Crippen LogP contribution in [0.2, 0.25) is 0 Å². The second kappa shape index (κ2) is 43.0. The van der Waals surface area contributed by atoms with E-state index in [9.17, 15) is 45.2 Å². The molecule has 2 unspecified atom stereocenters. The number of carbonyl (C=O) groups excluding carboxylic acids is 4. The fourth-order valence-corrected chi connectivity index (χ4v) is 28.2. The number of aryl methyl sites for hydroxylation is 2. The Bertz CT molecular complexity index is 5510. The van der Waals surface area contributed by atoms with Crippen molar-refractivity contribution in [1.29, 1.82) is 5.26 Å². The summed E-state index contributed by atoms with van der Waals surface area (Å²) in [5, 5.41) is 76.4. The van der Waals surface area contributed by atoms with E-state index >= 15 is 4.79 Å². The van der Waals surface area contributed by atoms with Crippen LogP contribution in [0.3, 0.4) is 0 Å². The van der Waals surface area contributed by atoms with E-state index in [0.717, 1.165) is 88.6 Å². The van der Waals surface area contributed by atoms with Crippen molar-refractivity contribution >= 4 is 47.4 Å². The Morgan fingerprint density at radius 3 is 1.23 bits per heavy atom. The van der Waals surface area contributed by atoms with Gasteiger partial charge in [-0.25, -0.2) is 9.59 Å². The molecule has 14 aliphatic heterocycles. The van der Waals surface area contributed by atoms with Gasteiger partial charge in [0.25, 0.3) is 0 Å². The van der Waals surface area contributed by atoms with Gasteiger partial charge in [0.05, 0.1) is 75.2 Å². The minimum Gasteiger partial charge on any atom is -0.504 e. The number of carbonyl (C=O) groups is 4. The number of hydrogen-bond acceptors (Lipinski definition) is 30. The molecular formula is C107H141N7O21S2. The molecule has 7 N–H and O–H groups in total. The highest BCUT2D eigenvalue weighted by Gasteiger charge is 2.65. The first kappa shape index (κ1) is 99.3. The number of phenolic OH excluding ortho intramolecular Hbond substituents is 4. The first-order valence-electron chi connectivity index (χ1n) is 50.5. The lowest BCUT2D eigenvalue weighted by molar-refractivity contribution is -0.186. The molecule has 0 aliphatic carbocycles. The zero-order valence-electron chi connectivity index (χ0n) is 82.0. The molecule has 6 aromatic rings. The summed E-state index contributed by atoms with van der Waals surface area (Å²) in [5.41, 5.74) is 9.10. The normalized spacial score (nSPS) is 25.7. The summed E-state index contributed by atoms with van der Waals surface area (Å²) in [6.45, 7) is 12.5. The van der Waals surface area contributed by atoms with Gasteiger partial charge in [-0.2, -0.15) is 5.26 Å². The highest BCUT2D eigenvalue weighted by molar-refractivity contribution is 7.99. The SMILES string of the molecule is CCCCCCCCCCCCCCCC(=O)Oc1c(C)c2c(c3c1[C@H]1SC[C@]4(NCCc5cc(O)c(OC)cc54)C(=O)OC[C@@H]3N3C1[C@H]1c4c(cc(C)c(OC)c4O)C[C@@H]([C@@H]3C#N)N1C)OCO2.CCCCCCCCCCCCCCCC(=O)Oc1c(C)c2c(c3c1[C@H]1SC[C@]4(NCCc5cc(O)c(OC)cc54)C(=O)OC[C@@H]3N3C1[C@H]1c4c(cc(C)c(OC)c4O)C[C@@H]([C@@H]3O)N1C)OCO2. The average Bonchev–Trinajstić information content (AvgIpc) is 1.60. The number of methoxy groups -OCH3 is 4. The van der Waals surface area contributed by atoms with Crippen LogP contribution >= 0.6 is 23.5 Å². The van der Waals surface area contributed by atoms with Gasteiger partial charge in [0.2, 0.25) is 13.6 Å². The smallest absolute Gasteiger partial charge is 0.331 e. The van der Waals surface area contributed by atoms with Crippen LogP contribution in [-0.4, -0.2) is 199 Å². The number of likely N-dealkylation sites (N-methyl/N-ethyl adjacent to an activating group) is 2. The summed E-state index contributed by atoms with van der Waals surface area (Å²) in [6, 6.07) is 8.58. The summed E-state index contributed by atoms with van der Waals surface area (Å²) in [7, 11) is 10.1. The van der Waals surface area contributed by atoms with Gasteiger partial charge in [-0.15, -0.1) is 23.5 Å². The Balaban J connectivity index is 0.000000190. The summed E-state index contributed by atoms with van der Waals surface area (Å²) in [5.74, 6) is 2.63. The lowest BCUT2D eigenvalue weighted by Crippen LogP contribution is -2.70. The number of ether oxygens (including phenoxy) is 12. The number of unbranched alkanes of at least 4 members (excludes halogenated alkanes) is 24. The van der Waals surface area contributed by atoms with E-state index in [1.54, 1.807) is 38.5 Å². The maximum absolute atomic E-state index is 15.0. The van der Waals surface area contributed by atoms with Gasteiger partial charge in [-0.05, 0) is 149 Å². The Labute approximate surface area is 814 Å². The highest BCUT2D eigenvalue weighted by atomic mass is 32.2. The van der Waals surface area contributed by atoms with Gasteiger partial charge >= 0.3 is 23.9 Å². The van der Waals surface area contributed by atoms with Crippen LogP contribution in [-0.2, 0) is 65.4 Å². The number of piperazine rings is 2. The molecule has 8 bridgehead atoms. The summed E-state index contributed by atoms with van der Waals surface area (Å²) in [6.07, 6.45) is 32.7. The third-order valence-electron chi connectivity index (χ3n) is 31.6. The number of aromatic hydroxyl groups is 4. The van der Waals surface area contributed by atoms with Crippen molar-refractivity contribution in [2.24, 2.45) is 0 Å². The monoisotopic (exact) mass is 1920 g/mol. The molecule has 14 atom stereocenters. The van der Waals surface area contributed by atoms with E-state index in [0.29, 0.717) is 137 Å². The minimum absolute atomic E-state index is 0.0140. The fourth-order valence-electron chi connectivity index (χ4n) is 24.8. The Morgan fingerprint density at radius 1 is 0.467 bits per heavy atom. The van der Waals surface area contributed by atoms with E-state index in [1.807, 2.05) is 41.8 Å². The molecule has 2 spiro atoms. The molecular weight excluding hydrogens is 1780 g/mol. The Kier molecular flexibility index (Phi) is 31.2. The third-order valence-corrected chi connectivity index (χ3v) is 34.6. The zero-order chi connectivity index (χ0) is 96.4. The van der Waals surface area contributed by atoms with E-state index in [-0.39, 0.29) is 104 Å². The number of esters is 4. The number of benzene rings is 6. The van der Waals surface area contributed by atoms with Crippen molar-refractivity contribution in [3.63, 3.8) is 0 Å². The molecule has 6 aromatic carbocycles. The second-order valence-corrected chi connectivity index (χ2v) is 42.0. The molecule has 0 radical (unpaired) electrons. The van der Waals surface area contributed by atoms with Crippen molar-refractivity contribution in [2.45, 2.75) is 329 Å². The fraction of sp³-hybridized carbons (Fsp3) is 0.617. The number of nitrogens with one attached hydrogen (secondary N) is 2. The van der Waals surface area contributed by atoms with Gasteiger partial charge in [0.15, 0.2) is 80.1 Å². The lowest BCUT2D eigenvalue weighted by atomic mass is 9.71. The van der Waals surface area contributed by atoms with Gasteiger partial charge in [-0.3, -0.25) is 39.8 Å². The largest absolute Gasteiger partial charge is 0.504 e. The van der Waals surface area contributed by atoms with Crippen LogP contribution < -0.4 is 58.0 Å². The standard InChI is InChI=1S/C54H70N4O10S.C53H71N3O11S/c1-7-8-9-10-11-12-13-14-15-16-17-18-19-20-41(60)68-49-32(3)50-51(67-30-66-50)43-38-28-65-53(62)54(35-26-40(63-5)39(59)25-33(35)21-22-56-54)29-69-52(44(43)49)46-45-42-34(23-31(2)48(64-6)47(42)61)24-36(57(45)4)37(27-55)58(38)46;1-7-8-9-10-11-12-13-14-15-16-17-18-19-20-39(58)67-47-31(3)48-49(66-29-65-48)41-36-27-64-52(61)53(34-26-38(62-5)37(57)25-32(34)21-22-54-53)28-68-50(42(41)47)44-43-40-33(23-30(2)46(63-6)45(40)59)24-35(55(43)4)51(60)56(36)44/h23,25-26,36-38,45-46,52,56,59,61H,7-22,24,28-30H2,1-6H3;23,25-26,35-36,43-44,50-51,54,57,59-60H,7-22,24,27-29H2,1-6H3/t36-,37-,38-,45+,46?,52+,54+;35-,36-,43+,44?,50+,51-,53+/m00/s1. The van der Waals surface area contributed by atoms with E-state index in [4.69, 9.17) is 56.8 Å². The number of aliphatic hydroxyl groups is 1. The summed E-state index contributed by atoms with van der Waals surface area (Å²) < 4.78 is 74.3. The van der Waals surface area contributed by atoms with Gasteiger partial charge in [-0.1, -0.05) is 180 Å². The third kappa shape index (κ3) is 18.5. The van der Waals surface area contributed by atoms with Crippen LogP contribution in [0.1, 0.15) is 317 Å². The molecule has 4 saturated heterocycles. The molecule has 4 fully saturated rings. The molecule has 20 rings (SSSR count). The van der Waals surface area contributed by atoms with Crippen molar-refractivity contribution in [1.82, 2.24) is 30.2 Å². The molecule has 0 saturated carbocycles. The van der Waals surface area contributed by atoms with E-state index in [1.165, 1.54) is 153 Å².